The minimum atomic E-state index is -4.08. The second-order valence-corrected chi connectivity index (χ2v) is 12.1. The Morgan fingerprint density at radius 3 is 2.00 bits per heavy atom. The van der Waals surface area contributed by atoms with Crippen LogP contribution in [0.15, 0.2) is 89.8 Å². The average molecular weight is 536 g/mol. The van der Waals surface area contributed by atoms with Crippen LogP contribution >= 0.6 is 0 Å². The summed E-state index contributed by atoms with van der Waals surface area (Å²) in [5.74, 6) is -0.788. The van der Waals surface area contributed by atoms with Gasteiger partial charge in [0.05, 0.1) is 10.6 Å². The molecule has 0 aromatic heterocycles. The molecule has 0 saturated carbocycles. The molecular formula is C30H37N3O4S. The van der Waals surface area contributed by atoms with E-state index in [0.717, 1.165) is 15.4 Å². The van der Waals surface area contributed by atoms with Crippen molar-refractivity contribution < 1.29 is 18.0 Å². The largest absolute Gasteiger partial charge is 0.350 e. The van der Waals surface area contributed by atoms with E-state index in [1.54, 1.807) is 37.3 Å². The summed E-state index contributed by atoms with van der Waals surface area (Å²) < 4.78 is 28.9. The second-order valence-electron chi connectivity index (χ2n) is 10.2. The zero-order chi connectivity index (χ0) is 27.9. The molecule has 0 aliphatic rings. The number of benzene rings is 3. The molecule has 202 valence electrons. The number of carbonyl (C=O) groups is 2. The number of hydrogen-bond acceptors (Lipinski definition) is 4. The molecule has 0 aliphatic heterocycles. The monoisotopic (exact) mass is 535 g/mol. The van der Waals surface area contributed by atoms with Crippen LogP contribution in [0, 0.1) is 0 Å². The Bertz CT molecular complexity index is 1340. The summed E-state index contributed by atoms with van der Waals surface area (Å²) in [7, 11) is -4.08. The van der Waals surface area contributed by atoms with Crippen molar-refractivity contribution in [1.82, 2.24) is 10.2 Å². The first-order chi connectivity index (χ1) is 17.9. The maximum Gasteiger partial charge on any atom is 0.264 e. The first-order valence-corrected chi connectivity index (χ1v) is 14.2. The van der Waals surface area contributed by atoms with Gasteiger partial charge in [0.2, 0.25) is 11.8 Å². The van der Waals surface area contributed by atoms with Crippen LogP contribution in [0.2, 0.25) is 0 Å². The number of rotatable bonds is 10. The van der Waals surface area contributed by atoms with Gasteiger partial charge in [-0.2, -0.15) is 0 Å². The molecular weight excluding hydrogens is 498 g/mol. The molecule has 0 bridgehead atoms. The number of nitrogens with zero attached hydrogens (tertiary/aromatic N) is 2. The summed E-state index contributed by atoms with van der Waals surface area (Å²) in [6.45, 7) is 8.93. The number of aryl methyl sites for hydroxylation is 1. The predicted octanol–water partition coefficient (Wildman–Crippen LogP) is 4.78. The number of sulfonamides is 1. The summed E-state index contributed by atoms with van der Waals surface area (Å²) in [6.07, 6.45) is 0.587. The van der Waals surface area contributed by atoms with Crippen molar-refractivity contribution in [3.8, 4) is 0 Å². The van der Waals surface area contributed by atoms with Crippen molar-refractivity contribution in [3.05, 3.63) is 96.1 Å². The lowest BCUT2D eigenvalue weighted by Crippen LogP contribution is -2.54. The first kappa shape index (κ1) is 28.9. The lowest BCUT2D eigenvalue weighted by molar-refractivity contribution is -0.140. The standard InChI is InChI=1S/C30H37N3O4S/c1-6-25-17-13-14-20-27(25)33(38(36,37)26-18-11-8-12-19-26)22-28(34)32(21-24-15-9-7-10-16-24)23(2)29(35)31-30(3,4)5/h7-20,23H,6,21-22H2,1-5H3,(H,31,35)/t23-/m1/s1. The maximum absolute atomic E-state index is 14.0. The molecule has 0 fully saturated rings. The predicted molar refractivity (Wildman–Crippen MR) is 151 cm³/mol. The van der Waals surface area contributed by atoms with Crippen molar-refractivity contribution in [2.24, 2.45) is 0 Å². The Morgan fingerprint density at radius 1 is 0.868 bits per heavy atom. The van der Waals surface area contributed by atoms with E-state index in [1.165, 1.54) is 17.0 Å². The lowest BCUT2D eigenvalue weighted by atomic mass is 10.1. The molecule has 1 N–H and O–H groups in total. The Balaban J connectivity index is 2.05. The van der Waals surface area contributed by atoms with Crippen LogP contribution in [0.1, 0.15) is 45.7 Å². The number of para-hydroxylation sites is 1. The van der Waals surface area contributed by atoms with E-state index in [1.807, 2.05) is 70.2 Å². The summed E-state index contributed by atoms with van der Waals surface area (Å²) in [4.78, 5) is 28.6. The Labute approximate surface area is 226 Å². The van der Waals surface area contributed by atoms with Crippen molar-refractivity contribution in [3.63, 3.8) is 0 Å². The van der Waals surface area contributed by atoms with Gasteiger partial charge in [-0.15, -0.1) is 0 Å². The Morgan fingerprint density at radius 2 is 1.42 bits per heavy atom. The minimum Gasteiger partial charge on any atom is -0.350 e. The van der Waals surface area contributed by atoms with Crippen LogP contribution in [0.3, 0.4) is 0 Å². The fourth-order valence-electron chi connectivity index (χ4n) is 4.12. The van der Waals surface area contributed by atoms with Gasteiger partial charge in [0.1, 0.15) is 12.6 Å². The average Bonchev–Trinajstić information content (AvgIpc) is 2.90. The highest BCUT2D eigenvalue weighted by molar-refractivity contribution is 7.92. The molecule has 0 spiro atoms. The molecule has 3 aromatic carbocycles. The summed E-state index contributed by atoms with van der Waals surface area (Å²) in [6, 6.07) is 23.8. The van der Waals surface area contributed by atoms with Gasteiger partial charge in [0.25, 0.3) is 10.0 Å². The lowest BCUT2D eigenvalue weighted by Gasteiger charge is -2.34. The molecule has 3 rings (SSSR count). The fourth-order valence-corrected chi connectivity index (χ4v) is 5.60. The zero-order valence-corrected chi connectivity index (χ0v) is 23.5. The highest BCUT2D eigenvalue weighted by Crippen LogP contribution is 2.28. The molecule has 38 heavy (non-hydrogen) atoms. The number of hydrogen-bond donors (Lipinski definition) is 1. The van der Waals surface area contributed by atoms with E-state index >= 15 is 0 Å². The van der Waals surface area contributed by atoms with E-state index in [4.69, 9.17) is 0 Å². The van der Waals surface area contributed by atoms with Gasteiger partial charge in [0.15, 0.2) is 0 Å². The number of amides is 2. The van der Waals surface area contributed by atoms with Gasteiger partial charge in [-0.05, 0) is 63.4 Å². The summed E-state index contributed by atoms with van der Waals surface area (Å²) in [5.41, 5.74) is 1.59. The van der Waals surface area contributed by atoms with Crippen molar-refractivity contribution in [1.29, 1.82) is 0 Å². The van der Waals surface area contributed by atoms with E-state index in [-0.39, 0.29) is 17.3 Å². The third-order valence-corrected chi connectivity index (χ3v) is 7.89. The van der Waals surface area contributed by atoms with Crippen LogP contribution in [-0.4, -0.2) is 43.3 Å². The van der Waals surface area contributed by atoms with Gasteiger partial charge in [-0.1, -0.05) is 73.7 Å². The van der Waals surface area contributed by atoms with E-state index in [2.05, 4.69) is 5.32 Å². The second kappa shape index (κ2) is 12.3. The highest BCUT2D eigenvalue weighted by Gasteiger charge is 2.33. The normalized spacial score (nSPS) is 12.4. The number of nitrogens with one attached hydrogen (secondary N) is 1. The van der Waals surface area contributed by atoms with Crippen LogP contribution < -0.4 is 9.62 Å². The number of carbonyl (C=O) groups excluding carboxylic acids is 2. The van der Waals surface area contributed by atoms with Gasteiger partial charge < -0.3 is 10.2 Å². The van der Waals surface area contributed by atoms with E-state index in [9.17, 15) is 18.0 Å². The highest BCUT2D eigenvalue weighted by atomic mass is 32.2. The summed E-state index contributed by atoms with van der Waals surface area (Å²) in [5, 5.41) is 2.93. The Kier molecular flexibility index (Phi) is 9.33. The molecule has 0 heterocycles. The van der Waals surface area contributed by atoms with Gasteiger partial charge in [-0.3, -0.25) is 13.9 Å². The minimum absolute atomic E-state index is 0.0897. The molecule has 7 nitrogen and oxygen atoms in total. The van der Waals surface area contributed by atoms with E-state index < -0.39 is 34.1 Å². The van der Waals surface area contributed by atoms with Gasteiger partial charge >= 0.3 is 0 Å². The Hall–Kier alpha value is -3.65. The van der Waals surface area contributed by atoms with Crippen LogP contribution in [0.25, 0.3) is 0 Å². The molecule has 0 radical (unpaired) electrons. The molecule has 1 atom stereocenters. The number of anilines is 1. The fraction of sp³-hybridized carbons (Fsp3) is 0.333. The van der Waals surface area contributed by atoms with Crippen LogP contribution in [0.4, 0.5) is 5.69 Å². The zero-order valence-electron chi connectivity index (χ0n) is 22.7. The molecule has 0 unspecified atom stereocenters. The topological polar surface area (TPSA) is 86.8 Å². The SMILES string of the molecule is CCc1ccccc1N(CC(=O)N(Cc1ccccc1)[C@H](C)C(=O)NC(C)(C)C)S(=O)(=O)c1ccccc1. The molecule has 8 heteroatoms. The third-order valence-electron chi connectivity index (χ3n) is 6.11. The maximum atomic E-state index is 14.0. The first-order valence-electron chi connectivity index (χ1n) is 12.7. The quantitative estimate of drug-likeness (QED) is 0.405. The van der Waals surface area contributed by atoms with Gasteiger partial charge in [0, 0.05) is 12.1 Å². The van der Waals surface area contributed by atoms with Crippen molar-refractivity contribution in [2.45, 2.75) is 64.1 Å². The van der Waals surface area contributed by atoms with Crippen LogP contribution in [-0.2, 0) is 32.6 Å². The van der Waals surface area contributed by atoms with Crippen LogP contribution in [0.5, 0.6) is 0 Å². The summed E-state index contributed by atoms with van der Waals surface area (Å²) >= 11 is 0. The molecule has 2 amide bonds. The van der Waals surface area contributed by atoms with E-state index in [0.29, 0.717) is 12.1 Å². The molecule has 3 aromatic rings. The molecule has 0 saturated heterocycles. The van der Waals surface area contributed by atoms with Crippen molar-refractivity contribution >= 4 is 27.5 Å². The third kappa shape index (κ3) is 7.22. The van der Waals surface area contributed by atoms with Crippen molar-refractivity contribution in [2.75, 3.05) is 10.8 Å². The van der Waals surface area contributed by atoms with Gasteiger partial charge in [-0.25, -0.2) is 8.42 Å². The smallest absolute Gasteiger partial charge is 0.264 e. The molecule has 0 aliphatic carbocycles.